The fourth-order valence-electron chi connectivity index (χ4n) is 0.815. The molecule has 0 aromatic carbocycles. The number of hydrogen-bond donors (Lipinski definition) is 2. The highest BCUT2D eigenvalue weighted by Crippen LogP contribution is 1.89. The van der Waals surface area contributed by atoms with Crippen molar-refractivity contribution in [1.29, 1.82) is 0 Å². The molecule has 1 aromatic heterocycles. The lowest BCUT2D eigenvalue weighted by Gasteiger charge is -1.91. The number of rotatable bonds is 2. The molecule has 0 amide bonds. The number of aldehydes is 1. The number of hydrogen-bond acceptors (Lipinski definition) is 4. The highest BCUT2D eigenvalue weighted by molar-refractivity contribution is 6.59. The van der Waals surface area contributed by atoms with Gasteiger partial charge in [0, 0.05) is 13.2 Å². The minimum absolute atomic E-state index is 0.0116. The van der Waals surface area contributed by atoms with Crippen LogP contribution in [0.1, 0.15) is 10.4 Å². The smallest absolute Gasteiger partial charge is 0.422 e. The monoisotopic (exact) mass is 154 g/mol. The highest BCUT2D eigenvalue weighted by atomic mass is 16.4. The summed E-state index contributed by atoms with van der Waals surface area (Å²) in [6.45, 7) is 0. The first-order valence-corrected chi connectivity index (χ1v) is 3.00. The molecule has 0 radical (unpaired) electrons. The van der Waals surface area contributed by atoms with Crippen molar-refractivity contribution in [2.24, 2.45) is 7.05 Å². The van der Waals surface area contributed by atoms with E-state index in [9.17, 15) is 4.79 Å². The van der Waals surface area contributed by atoms with Crippen molar-refractivity contribution in [3.63, 3.8) is 0 Å². The first-order chi connectivity index (χ1) is 5.15. The lowest BCUT2D eigenvalue weighted by molar-refractivity contribution is 0.112. The number of carbonyl (C=O) groups is 1. The van der Waals surface area contributed by atoms with Crippen LogP contribution in [0.3, 0.4) is 0 Å². The van der Waals surface area contributed by atoms with Crippen LogP contribution in [0.25, 0.3) is 0 Å². The summed E-state index contributed by atoms with van der Waals surface area (Å²) < 4.78 is 1.35. The third kappa shape index (κ3) is 1.47. The molecule has 6 heteroatoms. The zero-order valence-electron chi connectivity index (χ0n) is 5.93. The number of aryl methyl sites for hydroxylation is 1. The predicted octanol–water partition coefficient (Wildman–Crippen LogP) is -2.09. The molecule has 1 aromatic rings. The summed E-state index contributed by atoms with van der Waals surface area (Å²) in [5.74, 6) is 0. The lowest BCUT2D eigenvalue weighted by atomic mass is 9.84. The van der Waals surface area contributed by atoms with Gasteiger partial charge in [-0.25, -0.2) is 0 Å². The van der Waals surface area contributed by atoms with Crippen LogP contribution in [0.4, 0.5) is 0 Å². The summed E-state index contributed by atoms with van der Waals surface area (Å²) in [5, 5.41) is 21.0. The van der Waals surface area contributed by atoms with Crippen LogP contribution in [-0.2, 0) is 7.05 Å². The van der Waals surface area contributed by atoms with Crippen LogP contribution in [0, 0.1) is 0 Å². The summed E-state index contributed by atoms with van der Waals surface area (Å²) in [6, 6.07) is 0. The van der Waals surface area contributed by atoms with Gasteiger partial charge in [0.05, 0.1) is 5.56 Å². The van der Waals surface area contributed by atoms with Crippen molar-refractivity contribution in [3.05, 3.63) is 11.8 Å². The Hall–Kier alpha value is -1.14. The SMILES string of the molecule is Cn1cc(C=O)c(B(O)O)n1. The second-order valence-corrected chi connectivity index (χ2v) is 2.13. The molecular formula is C5H7BN2O3. The molecule has 0 aliphatic rings. The standard InChI is InChI=1S/C5H7BN2O3/c1-8-2-4(3-9)5(7-8)6(10)11/h2-3,10-11H,1H3. The summed E-state index contributed by atoms with van der Waals surface area (Å²) >= 11 is 0. The van der Waals surface area contributed by atoms with Gasteiger partial charge in [-0.05, 0) is 0 Å². The largest absolute Gasteiger partial charge is 0.510 e. The third-order valence-corrected chi connectivity index (χ3v) is 1.26. The average molecular weight is 154 g/mol. The van der Waals surface area contributed by atoms with Gasteiger partial charge in [-0.2, -0.15) is 5.10 Å². The van der Waals surface area contributed by atoms with E-state index in [0.717, 1.165) is 0 Å². The van der Waals surface area contributed by atoms with E-state index < -0.39 is 7.12 Å². The maximum absolute atomic E-state index is 10.3. The summed E-state index contributed by atoms with van der Waals surface area (Å²) in [4.78, 5) is 10.3. The van der Waals surface area contributed by atoms with Crippen LogP contribution in [-0.4, -0.2) is 33.2 Å². The fourth-order valence-corrected chi connectivity index (χ4v) is 0.815. The van der Waals surface area contributed by atoms with Crippen molar-refractivity contribution in [1.82, 2.24) is 9.78 Å². The van der Waals surface area contributed by atoms with Gasteiger partial charge in [-0.15, -0.1) is 0 Å². The first kappa shape index (κ1) is 7.97. The molecule has 2 N–H and O–H groups in total. The third-order valence-electron chi connectivity index (χ3n) is 1.26. The summed E-state index contributed by atoms with van der Waals surface area (Å²) in [5.41, 5.74) is 0.185. The van der Waals surface area contributed by atoms with Gasteiger partial charge < -0.3 is 10.0 Å². The Morgan fingerprint density at radius 2 is 2.36 bits per heavy atom. The maximum atomic E-state index is 10.3. The molecule has 1 rings (SSSR count). The molecule has 5 nitrogen and oxygen atoms in total. The molecule has 0 aliphatic heterocycles. The normalized spacial score (nSPS) is 9.73. The molecular weight excluding hydrogens is 147 g/mol. The number of carbonyl (C=O) groups excluding carboxylic acids is 1. The molecule has 1 heterocycles. The van der Waals surface area contributed by atoms with E-state index in [1.165, 1.54) is 10.9 Å². The van der Waals surface area contributed by atoms with E-state index in [4.69, 9.17) is 10.0 Å². The molecule has 0 saturated heterocycles. The quantitative estimate of drug-likeness (QED) is 0.378. The topological polar surface area (TPSA) is 75.4 Å². The molecule has 11 heavy (non-hydrogen) atoms. The van der Waals surface area contributed by atoms with E-state index in [2.05, 4.69) is 5.10 Å². The van der Waals surface area contributed by atoms with Gasteiger partial charge in [0.25, 0.3) is 0 Å². The zero-order chi connectivity index (χ0) is 8.43. The van der Waals surface area contributed by atoms with Gasteiger partial charge in [0.1, 0.15) is 5.59 Å². The molecule has 0 fully saturated rings. The minimum Gasteiger partial charge on any atom is -0.422 e. The van der Waals surface area contributed by atoms with Crippen LogP contribution in [0.15, 0.2) is 6.20 Å². The first-order valence-electron chi connectivity index (χ1n) is 3.00. The van der Waals surface area contributed by atoms with Crippen molar-refractivity contribution in [3.8, 4) is 0 Å². The van der Waals surface area contributed by atoms with E-state index in [1.54, 1.807) is 7.05 Å². The van der Waals surface area contributed by atoms with Crippen molar-refractivity contribution >= 4 is 19.0 Å². The Labute approximate surface area is 63.4 Å². The molecule has 58 valence electrons. The van der Waals surface area contributed by atoms with E-state index in [0.29, 0.717) is 6.29 Å². The Balaban J connectivity index is 3.11. The number of nitrogens with zero attached hydrogens (tertiary/aromatic N) is 2. The zero-order valence-corrected chi connectivity index (χ0v) is 5.93. The van der Waals surface area contributed by atoms with Crippen molar-refractivity contribution < 1.29 is 14.8 Å². The fraction of sp³-hybridized carbons (Fsp3) is 0.200. The van der Waals surface area contributed by atoms with Crippen LogP contribution < -0.4 is 5.59 Å². The highest BCUT2D eigenvalue weighted by Gasteiger charge is 2.19. The summed E-state index contributed by atoms with van der Waals surface area (Å²) in [6.07, 6.45) is 1.95. The average Bonchev–Trinajstić information content (AvgIpc) is 2.30. The van der Waals surface area contributed by atoms with E-state index in [1.807, 2.05) is 0 Å². The predicted molar refractivity (Wildman–Crippen MR) is 38.4 cm³/mol. The maximum Gasteiger partial charge on any atom is 0.510 e. The lowest BCUT2D eigenvalue weighted by Crippen LogP contribution is -2.34. The minimum atomic E-state index is -1.68. The van der Waals surface area contributed by atoms with E-state index >= 15 is 0 Å². The molecule has 0 spiro atoms. The Kier molecular flexibility index (Phi) is 2.07. The second kappa shape index (κ2) is 2.85. The molecule has 0 aliphatic carbocycles. The Morgan fingerprint density at radius 1 is 1.73 bits per heavy atom. The van der Waals surface area contributed by atoms with Crippen LogP contribution in [0.5, 0.6) is 0 Å². The van der Waals surface area contributed by atoms with Crippen molar-refractivity contribution in [2.45, 2.75) is 0 Å². The van der Waals surface area contributed by atoms with Crippen LogP contribution in [0.2, 0.25) is 0 Å². The van der Waals surface area contributed by atoms with Crippen LogP contribution >= 0.6 is 0 Å². The second-order valence-electron chi connectivity index (χ2n) is 2.13. The Bertz CT molecular complexity index is 271. The van der Waals surface area contributed by atoms with Gasteiger partial charge >= 0.3 is 7.12 Å². The number of aromatic nitrogens is 2. The Morgan fingerprint density at radius 3 is 2.73 bits per heavy atom. The summed E-state index contributed by atoms with van der Waals surface area (Å²) in [7, 11) is -0.0878. The molecule has 0 saturated carbocycles. The van der Waals surface area contributed by atoms with Gasteiger partial charge in [-0.3, -0.25) is 9.48 Å². The van der Waals surface area contributed by atoms with Gasteiger partial charge in [-0.1, -0.05) is 0 Å². The van der Waals surface area contributed by atoms with Crippen molar-refractivity contribution in [2.75, 3.05) is 0 Å². The van der Waals surface area contributed by atoms with E-state index in [-0.39, 0.29) is 11.2 Å². The van der Waals surface area contributed by atoms with Gasteiger partial charge in [0.15, 0.2) is 6.29 Å². The molecule has 0 atom stereocenters. The molecule has 0 unspecified atom stereocenters. The molecule has 0 bridgehead atoms. The van der Waals surface area contributed by atoms with Gasteiger partial charge in [0.2, 0.25) is 0 Å².